The number of carbonyl (C=O) groups is 1. The van der Waals surface area contributed by atoms with Crippen LogP contribution in [-0.2, 0) is 4.79 Å². The summed E-state index contributed by atoms with van der Waals surface area (Å²) in [6.45, 7) is 0.925. The van der Waals surface area contributed by atoms with Crippen LogP contribution in [0, 0.1) is 11.8 Å². The number of benzene rings is 1. The third-order valence-electron chi connectivity index (χ3n) is 4.92. The van der Waals surface area contributed by atoms with Crippen LogP contribution in [0.2, 0.25) is 0 Å². The molecule has 1 aromatic carbocycles. The maximum atomic E-state index is 12.2. The normalized spacial score (nSPS) is 30.6. The highest BCUT2D eigenvalue weighted by atomic mass is 16.3. The Morgan fingerprint density at radius 1 is 1.14 bits per heavy atom. The molecule has 0 radical (unpaired) electrons. The molecule has 4 nitrogen and oxygen atoms in total. The van der Waals surface area contributed by atoms with Crippen LogP contribution in [0.15, 0.2) is 30.3 Å². The lowest BCUT2D eigenvalue weighted by atomic mass is 9.93. The van der Waals surface area contributed by atoms with E-state index in [9.17, 15) is 9.90 Å². The molecule has 2 aliphatic carbocycles. The molecule has 0 aromatic heterocycles. The second kappa shape index (κ2) is 7.14. The van der Waals surface area contributed by atoms with Gasteiger partial charge in [0.2, 0.25) is 5.91 Å². The highest BCUT2D eigenvalue weighted by Crippen LogP contribution is 2.41. The minimum atomic E-state index is -0.161. The minimum Gasteiger partial charge on any atom is -0.393 e. The molecule has 2 fully saturated rings. The number of nitrogens with one attached hydrogen (secondary N) is 2. The molecule has 0 unspecified atom stereocenters. The van der Waals surface area contributed by atoms with Gasteiger partial charge in [-0.2, -0.15) is 0 Å². The van der Waals surface area contributed by atoms with Crippen LogP contribution in [0.1, 0.15) is 38.5 Å². The van der Waals surface area contributed by atoms with E-state index >= 15 is 0 Å². The van der Waals surface area contributed by atoms with Crippen molar-refractivity contribution in [2.45, 2.75) is 50.7 Å². The van der Waals surface area contributed by atoms with Crippen LogP contribution in [0.3, 0.4) is 0 Å². The molecular formula is C18H26N2O2. The van der Waals surface area contributed by atoms with Crippen molar-refractivity contribution < 1.29 is 9.90 Å². The van der Waals surface area contributed by atoms with Crippen molar-refractivity contribution >= 4 is 11.6 Å². The second-order valence-corrected chi connectivity index (χ2v) is 6.70. The van der Waals surface area contributed by atoms with Crippen molar-refractivity contribution in [2.75, 3.05) is 11.9 Å². The molecule has 2 saturated carbocycles. The summed E-state index contributed by atoms with van der Waals surface area (Å²) >= 11 is 0. The molecule has 0 saturated heterocycles. The van der Waals surface area contributed by atoms with Crippen LogP contribution < -0.4 is 10.6 Å². The van der Waals surface area contributed by atoms with E-state index in [1.54, 1.807) is 0 Å². The Hall–Kier alpha value is -1.55. The summed E-state index contributed by atoms with van der Waals surface area (Å²) in [5, 5.41) is 16.1. The van der Waals surface area contributed by atoms with Gasteiger partial charge in [0.05, 0.1) is 6.10 Å². The van der Waals surface area contributed by atoms with Crippen LogP contribution in [0.25, 0.3) is 0 Å². The van der Waals surface area contributed by atoms with Gasteiger partial charge in [-0.05, 0) is 56.6 Å². The van der Waals surface area contributed by atoms with E-state index in [1.807, 2.05) is 18.2 Å². The molecule has 4 heteroatoms. The molecule has 0 bridgehead atoms. The number of hydrogen-bond acceptors (Lipinski definition) is 3. The zero-order valence-corrected chi connectivity index (χ0v) is 13.0. The van der Waals surface area contributed by atoms with E-state index < -0.39 is 0 Å². The molecule has 2 atom stereocenters. The molecule has 3 rings (SSSR count). The molecule has 2 aliphatic rings. The number of aliphatic hydroxyl groups excluding tert-OH is 1. The summed E-state index contributed by atoms with van der Waals surface area (Å²) in [5.41, 5.74) is 1.14. The van der Waals surface area contributed by atoms with Gasteiger partial charge in [-0.3, -0.25) is 4.79 Å². The fourth-order valence-corrected chi connectivity index (χ4v) is 3.37. The SMILES string of the molecule is O=C(NC1CCC(O)CC1)[C@H]1C[C@@H]1CCNc1ccccc1. The van der Waals surface area contributed by atoms with E-state index in [4.69, 9.17) is 0 Å². The number of aliphatic hydroxyl groups is 1. The number of rotatable bonds is 6. The Morgan fingerprint density at radius 2 is 1.86 bits per heavy atom. The van der Waals surface area contributed by atoms with Crippen molar-refractivity contribution in [1.29, 1.82) is 0 Å². The first-order chi connectivity index (χ1) is 10.7. The largest absolute Gasteiger partial charge is 0.393 e. The van der Waals surface area contributed by atoms with Gasteiger partial charge in [0.15, 0.2) is 0 Å². The number of amides is 1. The lowest BCUT2D eigenvalue weighted by molar-refractivity contribution is -0.123. The Morgan fingerprint density at radius 3 is 2.59 bits per heavy atom. The maximum Gasteiger partial charge on any atom is 0.223 e. The lowest BCUT2D eigenvalue weighted by Crippen LogP contribution is -2.39. The summed E-state index contributed by atoms with van der Waals surface area (Å²) in [6.07, 6.45) is 5.39. The average molecular weight is 302 g/mol. The third-order valence-corrected chi connectivity index (χ3v) is 4.92. The zero-order valence-electron chi connectivity index (χ0n) is 13.0. The molecule has 0 spiro atoms. The quantitative estimate of drug-likeness (QED) is 0.757. The van der Waals surface area contributed by atoms with Gasteiger partial charge in [0.1, 0.15) is 0 Å². The third kappa shape index (κ3) is 4.23. The van der Waals surface area contributed by atoms with Gasteiger partial charge in [-0.1, -0.05) is 18.2 Å². The van der Waals surface area contributed by atoms with E-state index in [1.165, 1.54) is 0 Å². The zero-order chi connectivity index (χ0) is 15.4. The number of hydrogen-bond donors (Lipinski definition) is 3. The molecular weight excluding hydrogens is 276 g/mol. The first kappa shape index (κ1) is 15.3. The van der Waals surface area contributed by atoms with E-state index in [0.29, 0.717) is 5.92 Å². The fourth-order valence-electron chi connectivity index (χ4n) is 3.37. The standard InChI is InChI=1S/C18H26N2O2/c21-16-8-6-15(7-9-16)20-18(22)17-12-13(17)10-11-19-14-4-2-1-3-5-14/h1-5,13,15-17,19,21H,6-12H2,(H,20,22)/t13-,15?,16?,17-/m0/s1. The first-order valence-electron chi connectivity index (χ1n) is 8.49. The average Bonchev–Trinajstić information content (AvgIpc) is 3.30. The van der Waals surface area contributed by atoms with Gasteiger partial charge in [0.25, 0.3) is 0 Å². The van der Waals surface area contributed by atoms with Gasteiger partial charge < -0.3 is 15.7 Å². The predicted molar refractivity (Wildman–Crippen MR) is 87.6 cm³/mol. The van der Waals surface area contributed by atoms with Gasteiger partial charge >= 0.3 is 0 Å². The Bertz CT molecular complexity index is 483. The Balaban J connectivity index is 1.32. The van der Waals surface area contributed by atoms with Crippen molar-refractivity contribution in [2.24, 2.45) is 11.8 Å². The molecule has 22 heavy (non-hydrogen) atoms. The van der Waals surface area contributed by atoms with Crippen LogP contribution >= 0.6 is 0 Å². The predicted octanol–water partition coefficient (Wildman–Crippen LogP) is 2.54. The van der Waals surface area contributed by atoms with Crippen LogP contribution in [0.5, 0.6) is 0 Å². The van der Waals surface area contributed by atoms with E-state index in [2.05, 4.69) is 22.8 Å². The minimum absolute atomic E-state index is 0.161. The Kier molecular flexibility index (Phi) is 4.98. The highest BCUT2D eigenvalue weighted by molar-refractivity contribution is 5.81. The molecule has 1 aromatic rings. The number of para-hydroxylation sites is 1. The maximum absolute atomic E-state index is 12.2. The van der Waals surface area contributed by atoms with Gasteiger partial charge in [-0.15, -0.1) is 0 Å². The van der Waals surface area contributed by atoms with Crippen molar-refractivity contribution in [3.05, 3.63) is 30.3 Å². The fraction of sp³-hybridized carbons (Fsp3) is 0.611. The molecule has 120 valence electrons. The number of anilines is 1. The first-order valence-corrected chi connectivity index (χ1v) is 8.49. The number of carbonyl (C=O) groups excluding carboxylic acids is 1. The van der Waals surface area contributed by atoms with Gasteiger partial charge in [-0.25, -0.2) is 0 Å². The highest BCUT2D eigenvalue weighted by Gasteiger charge is 2.42. The van der Waals surface area contributed by atoms with E-state index in [-0.39, 0.29) is 24.0 Å². The molecule has 0 aliphatic heterocycles. The topological polar surface area (TPSA) is 61.4 Å². The summed E-state index contributed by atoms with van der Waals surface area (Å²) < 4.78 is 0. The summed E-state index contributed by atoms with van der Waals surface area (Å²) in [6, 6.07) is 10.5. The summed E-state index contributed by atoms with van der Waals surface area (Å²) in [4.78, 5) is 12.2. The monoisotopic (exact) mass is 302 g/mol. The second-order valence-electron chi connectivity index (χ2n) is 6.70. The summed E-state index contributed by atoms with van der Waals surface area (Å²) in [5.74, 6) is 0.973. The molecule has 1 amide bonds. The molecule has 0 heterocycles. The lowest BCUT2D eigenvalue weighted by Gasteiger charge is -2.26. The van der Waals surface area contributed by atoms with Crippen LogP contribution in [0.4, 0.5) is 5.69 Å². The van der Waals surface area contributed by atoms with E-state index in [0.717, 1.165) is 50.8 Å². The van der Waals surface area contributed by atoms with Crippen molar-refractivity contribution in [3.8, 4) is 0 Å². The van der Waals surface area contributed by atoms with Gasteiger partial charge in [0, 0.05) is 24.2 Å². The molecule has 3 N–H and O–H groups in total. The smallest absolute Gasteiger partial charge is 0.223 e. The van der Waals surface area contributed by atoms with Crippen molar-refractivity contribution in [3.63, 3.8) is 0 Å². The van der Waals surface area contributed by atoms with Crippen molar-refractivity contribution in [1.82, 2.24) is 5.32 Å². The Labute approximate surface area is 132 Å². The summed E-state index contributed by atoms with van der Waals surface area (Å²) in [7, 11) is 0. The van der Waals surface area contributed by atoms with Crippen LogP contribution in [-0.4, -0.2) is 29.7 Å².